The Hall–Kier alpha value is -1.79. The summed E-state index contributed by atoms with van der Waals surface area (Å²) in [7, 11) is 0. The quantitative estimate of drug-likeness (QED) is 0.713. The average molecular weight is 354 g/mol. The summed E-state index contributed by atoms with van der Waals surface area (Å²) in [5, 5.41) is 0.738. The Morgan fingerprint density at radius 3 is 2.36 bits per heavy atom. The highest BCUT2D eigenvalue weighted by molar-refractivity contribution is 5.83. The molecule has 2 atom stereocenters. The predicted molar refractivity (Wildman–Crippen MR) is 91.4 cm³/mol. The van der Waals surface area contributed by atoms with Gasteiger partial charge in [-0.15, -0.1) is 5.06 Å². The molecule has 2 aliphatic rings. The Morgan fingerprint density at radius 1 is 1.08 bits per heavy atom. The van der Waals surface area contributed by atoms with Gasteiger partial charge in [0, 0.05) is 19.5 Å². The van der Waals surface area contributed by atoms with Gasteiger partial charge in [0.05, 0.1) is 0 Å². The molecule has 0 bridgehead atoms. The fourth-order valence-corrected chi connectivity index (χ4v) is 3.75. The minimum Gasteiger partial charge on any atom is -0.442 e. The lowest BCUT2D eigenvalue weighted by molar-refractivity contribution is -0.185. The van der Waals surface area contributed by atoms with E-state index >= 15 is 0 Å². The standard InChI is InChI=1S/C18H30N2O5/c1-13(21)25-20(17(23)24-18(2,3)4)12-16(22)19-11-7-9-14-8-5-6-10-15(14)19/h14-15H,5-12H2,1-4H3. The number of ether oxygens (including phenoxy) is 1. The van der Waals surface area contributed by atoms with Crippen LogP contribution in [0.5, 0.6) is 0 Å². The SMILES string of the molecule is CC(=O)ON(CC(=O)N1CCCC2CCCCC21)C(=O)OC(C)(C)C. The van der Waals surface area contributed by atoms with Gasteiger partial charge in [-0.1, -0.05) is 12.8 Å². The zero-order valence-electron chi connectivity index (χ0n) is 15.7. The third-order valence-electron chi connectivity index (χ3n) is 4.68. The topological polar surface area (TPSA) is 76.2 Å². The molecular weight excluding hydrogens is 324 g/mol. The Bertz CT molecular complexity index is 512. The van der Waals surface area contributed by atoms with Crippen LogP contribution in [0.15, 0.2) is 0 Å². The van der Waals surface area contributed by atoms with Crippen molar-refractivity contribution >= 4 is 18.0 Å². The lowest BCUT2D eigenvalue weighted by Gasteiger charge is -2.44. The molecule has 0 aromatic heterocycles. The molecule has 25 heavy (non-hydrogen) atoms. The van der Waals surface area contributed by atoms with Gasteiger partial charge in [0.15, 0.2) is 0 Å². The molecule has 2 unspecified atom stereocenters. The van der Waals surface area contributed by atoms with Gasteiger partial charge >= 0.3 is 12.1 Å². The molecule has 1 aliphatic heterocycles. The summed E-state index contributed by atoms with van der Waals surface area (Å²) in [5.41, 5.74) is -0.738. The summed E-state index contributed by atoms with van der Waals surface area (Å²) < 4.78 is 5.23. The second-order valence-corrected chi connectivity index (χ2v) is 7.94. The molecule has 0 radical (unpaired) electrons. The van der Waals surface area contributed by atoms with Crippen LogP contribution in [0.1, 0.15) is 66.2 Å². The van der Waals surface area contributed by atoms with E-state index in [-0.39, 0.29) is 18.5 Å². The largest absolute Gasteiger partial charge is 0.444 e. The first kappa shape index (κ1) is 19.5. The summed E-state index contributed by atoms with van der Waals surface area (Å²) in [6.07, 6.45) is 5.84. The monoisotopic (exact) mass is 354 g/mol. The molecule has 0 spiro atoms. The molecule has 1 heterocycles. The van der Waals surface area contributed by atoms with Gasteiger partial charge in [0.25, 0.3) is 0 Å². The van der Waals surface area contributed by atoms with Crippen molar-refractivity contribution in [2.75, 3.05) is 13.1 Å². The number of fused-ring (bicyclic) bond motifs is 1. The maximum atomic E-state index is 12.8. The molecule has 0 N–H and O–H groups in total. The first-order valence-corrected chi connectivity index (χ1v) is 9.16. The van der Waals surface area contributed by atoms with Crippen LogP contribution >= 0.6 is 0 Å². The summed E-state index contributed by atoms with van der Waals surface area (Å²) in [6.45, 7) is 6.74. The zero-order valence-corrected chi connectivity index (χ0v) is 15.7. The normalized spacial score (nSPS) is 23.4. The lowest BCUT2D eigenvalue weighted by Crippen LogP contribution is -2.53. The summed E-state index contributed by atoms with van der Waals surface area (Å²) in [6, 6.07) is 0.243. The van der Waals surface area contributed by atoms with E-state index in [4.69, 9.17) is 9.57 Å². The van der Waals surface area contributed by atoms with Crippen LogP contribution in [0.2, 0.25) is 0 Å². The maximum Gasteiger partial charge on any atom is 0.444 e. The van der Waals surface area contributed by atoms with Gasteiger partial charge in [-0.2, -0.15) is 0 Å². The third-order valence-corrected chi connectivity index (χ3v) is 4.68. The summed E-state index contributed by atoms with van der Waals surface area (Å²) in [4.78, 5) is 43.2. The number of likely N-dealkylation sites (tertiary alicyclic amines) is 1. The lowest BCUT2D eigenvalue weighted by atomic mass is 9.78. The molecule has 1 saturated heterocycles. The summed E-state index contributed by atoms with van der Waals surface area (Å²) in [5.74, 6) is -0.299. The molecule has 1 aliphatic carbocycles. The minimum absolute atomic E-state index is 0.191. The molecule has 1 saturated carbocycles. The number of carbonyl (C=O) groups excluding carboxylic acids is 3. The number of carbonyl (C=O) groups is 3. The van der Waals surface area contributed by atoms with Crippen LogP contribution in [0.3, 0.4) is 0 Å². The van der Waals surface area contributed by atoms with Gasteiger partial charge in [-0.05, 0) is 52.4 Å². The van der Waals surface area contributed by atoms with E-state index in [1.165, 1.54) is 13.3 Å². The van der Waals surface area contributed by atoms with Crippen molar-refractivity contribution in [3.05, 3.63) is 0 Å². The molecule has 7 nitrogen and oxygen atoms in total. The van der Waals surface area contributed by atoms with Gasteiger partial charge in [0.1, 0.15) is 12.1 Å². The summed E-state index contributed by atoms with van der Waals surface area (Å²) >= 11 is 0. The molecule has 2 fully saturated rings. The van der Waals surface area contributed by atoms with Crippen molar-refractivity contribution < 1.29 is 24.0 Å². The third kappa shape index (κ3) is 5.61. The van der Waals surface area contributed by atoms with E-state index in [0.717, 1.165) is 37.2 Å². The Balaban J connectivity index is 2.04. The van der Waals surface area contributed by atoms with Crippen LogP contribution in [0.4, 0.5) is 4.79 Å². The van der Waals surface area contributed by atoms with Crippen LogP contribution in [0.25, 0.3) is 0 Å². The second kappa shape index (κ2) is 8.06. The highest BCUT2D eigenvalue weighted by atomic mass is 16.8. The molecule has 0 aromatic rings. The van der Waals surface area contributed by atoms with Gasteiger partial charge in [0.2, 0.25) is 5.91 Å². The van der Waals surface area contributed by atoms with Crippen molar-refractivity contribution in [2.45, 2.75) is 77.9 Å². The Labute approximate surface area is 149 Å². The number of amides is 2. The van der Waals surface area contributed by atoms with Crippen molar-refractivity contribution in [2.24, 2.45) is 5.92 Å². The number of hydrogen-bond donors (Lipinski definition) is 0. The fraction of sp³-hybridized carbons (Fsp3) is 0.833. The van der Waals surface area contributed by atoms with Crippen LogP contribution in [0, 0.1) is 5.92 Å². The van der Waals surface area contributed by atoms with E-state index in [9.17, 15) is 14.4 Å². The number of hydroxylamine groups is 2. The first-order valence-electron chi connectivity index (χ1n) is 9.16. The van der Waals surface area contributed by atoms with Gasteiger partial charge in [-0.25, -0.2) is 4.79 Å². The van der Waals surface area contributed by atoms with Crippen molar-refractivity contribution in [1.29, 1.82) is 0 Å². The molecule has 0 aromatic carbocycles. The minimum atomic E-state index is -0.826. The highest BCUT2D eigenvalue weighted by Crippen LogP contribution is 2.35. The van der Waals surface area contributed by atoms with Crippen LogP contribution in [-0.2, 0) is 19.2 Å². The number of piperidine rings is 1. The van der Waals surface area contributed by atoms with E-state index in [1.54, 1.807) is 20.8 Å². The smallest absolute Gasteiger partial charge is 0.442 e. The maximum absolute atomic E-state index is 12.8. The second-order valence-electron chi connectivity index (χ2n) is 7.94. The van der Waals surface area contributed by atoms with E-state index in [1.807, 2.05) is 4.90 Å². The van der Waals surface area contributed by atoms with Crippen LogP contribution in [-0.4, -0.2) is 52.7 Å². The van der Waals surface area contributed by atoms with Crippen molar-refractivity contribution in [3.8, 4) is 0 Å². The number of rotatable bonds is 2. The Morgan fingerprint density at radius 2 is 1.72 bits per heavy atom. The predicted octanol–water partition coefficient (Wildman–Crippen LogP) is 2.88. The molecule has 2 amide bonds. The molecular formula is C18H30N2O5. The number of nitrogens with zero attached hydrogens (tertiary/aromatic N) is 2. The van der Waals surface area contributed by atoms with E-state index < -0.39 is 17.7 Å². The van der Waals surface area contributed by atoms with Gasteiger partial charge < -0.3 is 14.5 Å². The fourth-order valence-electron chi connectivity index (χ4n) is 3.75. The first-order chi connectivity index (χ1) is 11.7. The van der Waals surface area contributed by atoms with Crippen molar-refractivity contribution in [1.82, 2.24) is 9.96 Å². The van der Waals surface area contributed by atoms with E-state index in [0.29, 0.717) is 12.5 Å². The molecule has 142 valence electrons. The van der Waals surface area contributed by atoms with E-state index in [2.05, 4.69) is 0 Å². The van der Waals surface area contributed by atoms with Gasteiger partial charge in [-0.3, -0.25) is 9.59 Å². The molecule has 7 heteroatoms. The Kier molecular flexibility index (Phi) is 6.30. The number of hydrogen-bond acceptors (Lipinski definition) is 5. The highest BCUT2D eigenvalue weighted by Gasteiger charge is 2.37. The zero-order chi connectivity index (χ0) is 18.6. The average Bonchev–Trinajstić information content (AvgIpc) is 2.51. The molecule has 2 rings (SSSR count). The van der Waals surface area contributed by atoms with Crippen LogP contribution < -0.4 is 0 Å². The van der Waals surface area contributed by atoms with Crippen molar-refractivity contribution in [3.63, 3.8) is 0 Å².